The molecule has 0 atom stereocenters. The first kappa shape index (κ1) is 18.4. The molecule has 0 radical (unpaired) electrons. The minimum atomic E-state index is -4.54. The predicted octanol–water partition coefficient (Wildman–Crippen LogP) is 6.23. The van der Waals surface area contributed by atoms with E-state index in [1.165, 1.54) is 12.1 Å². The van der Waals surface area contributed by atoms with Gasteiger partial charge >= 0.3 is 6.18 Å². The number of alkyl halides is 3. The van der Waals surface area contributed by atoms with E-state index in [0.29, 0.717) is 3.57 Å². The van der Waals surface area contributed by atoms with Crippen LogP contribution in [0.4, 0.5) is 18.9 Å². The van der Waals surface area contributed by atoms with Crippen molar-refractivity contribution in [2.45, 2.75) is 6.18 Å². The van der Waals surface area contributed by atoms with Crippen LogP contribution < -0.4 is 5.32 Å². The van der Waals surface area contributed by atoms with Gasteiger partial charge in [-0.2, -0.15) is 13.2 Å². The van der Waals surface area contributed by atoms with Crippen LogP contribution in [0.1, 0.15) is 15.9 Å². The SMILES string of the molecule is O=C(Nc1ccc(I)cc1C(F)(F)F)c1ccc(-c2ccccc2)cc1. The lowest BCUT2D eigenvalue weighted by Crippen LogP contribution is -2.16. The molecule has 1 amide bonds. The van der Waals surface area contributed by atoms with Gasteiger partial charge in [-0.1, -0.05) is 42.5 Å². The minimum absolute atomic E-state index is 0.255. The molecule has 0 heterocycles. The summed E-state index contributed by atoms with van der Waals surface area (Å²) in [6, 6.07) is 20.1. The second-order valence-corrected chi connectivity index (χ2v) is 6.83. The average Bonchev–Trinajstić information content (AvgIpc) is 2.63. The van der Waals surface area contributed by atoms with Crippen molar-refractivity contribution in [3.05, 3.63) is 87.5 Å². The Morgan fingerprint density at radius 3 is 2.08 bits per heavy atom. The molecule has 0 spiro atoms. The van der Waals surface area contributed by atoms with E-state index in [1.54, 1.807) is 46.9 Å². The summed E-state index contributed by atoms with van der Waals surface area (Å²) in [5.74, 6) is -0.587. The second-order valence-electron chi connectivity index (χ2n) is 5.59. The number of benzene rings is 3. The molecular weight excluding hydrogens is 454 g/mol. The van der Waals surface area contributed by atoms with E-state index in [9.17, 15) is 18.0 Å². The first-order chi connectivity index (χ1) is 12.3. The van der Waals surface area contributed by atoms with Gasteiger partial charge in [-0.3, -0.25) is 4.79 Å². The Labute approximate surface area is 162 Å². The highest BCUT2D eigenvalue weighted by molar-refractivity contribution is 14.1. The van der Waals surface area contributed by atoms with Crippen molar-refractivity contribution in [1.82, 2.24) is 0 Å². The van der Waals surface area contributed by atoms with Crippen molar-refractivity contribution in [3.8, 4) is 11.1 Å². The largest absolute Gasteiger partial charge is 0.418 e. The summed E-state index contributed by atoms with van der Waals surface area (Å²) in [5.41, 5.74) is 1.09. The lowest BCUT2D eigenvalue weighted by Gasteiger charge is -2.14. The van der Waals surface area contributed by atoms with Crippen molar-refractivity contribution >= 4 is 34.2 Å². The van der Waals surface area contributed by atoms with Crippen LogP contribution in [0.2, 0.25) is 0 Å². The maximum atomic E-state index is 13.2. The fraction of sp³-hybridized carbons (Fsp3) is 0.0500. The van der Waals surface area contributed by atoms with Gasteiger partial charge in [0.1, 0.15) is 0 Å². The number of carbonyl (C=O) groups is 1. The fourth-order valence-corrected chi connectivity index (χ4v) is 2.99. The molecule has 0 saturated carbocycles. The highest BCUT2D eigenvalue weighted by atomic mass is 127. The molecule has 0 unspecified atom stereocenters. The molecular formula is C20H13F3INO. The number of nitrogens with one attached hydrogen (secondary N) is 1. The minimum Gasteiger partial charge on any atom is -0.321 e. The smallest absolute Gasteiger partial charge is 0.321 e. The summed E-state index contributed by atoms with van der Waals surface area (Å²) >= 11 is 1.80. The summed E-state index contributed by atoms with van der Waals surface area (Å²) in [7, 11) is 0. The standard InChI is InChI=1S/C20H13F3INO/c21-20(22,23)17-12-16(24)10-11-18(17)25-19(26)15-8-6-14(7-9-15)13-4-2-1-3-5-13/h1-12H,(H,25,26). The third kappa shape index (κ3) is 4.24. The molecule has 3 aromatic carbocycles. The molecule has 6 heteroatoms. The van der Waals surface area contributed by atoms with E-state index in [1.807, 2.05) is 30.3 Å². The van der Waals surface area contributed by atoms with Crippen LogP contribution in [-0.4, -0.2) is 5.91 Å². The number of anilines is 1. The van der Waals surface area contributed by atoms with E-state index < -0.39 is 17.6 Å². The number of hydrogen-bond donors (Lipinski definition) is 1. The van der Waals surface area contributed by atoms with Crippen LogP contribution in [0.5, 0.6) is 0 Å². The zero-order valence-corrected chi connectivity index (χ0v) is 15.5. The van der Waals surface area contributed by atoms with Gasteiger partial charge in [-0.05, 0) is 64.0 Å². The van der Waals surface area contributed by atoms with Gasteiger partial charge in [-0.25, -0.2) is 0 Å². The van der Waals surface area contributed by atoms with Crippen molar-refractivity contribution < 1.29 is 18.0 Å². The summed E-state index contributed by atoms with van der Waals surface area (Å²) in [4.78, 5) is 12.3. The first-order valence-corrected chi connectivity index (χ1v) is 8.76. The molecule has 26 heavy (non-hydrogen) atoms. The molecule has 0 aliphatic heterocycles. The number of halogens is 4. The van der Waals surface area contributed by atoms with Crippen LogP contribution >= 0.6 is 22.6 Å². The molecule has 0 aliphatic rings. The Morgan fingerprint density at radius 1 is 0.846 bits per heavy atom. The quantitative estimate of drug-likeness (QED) is 0.455. The lowest BCUT2D eigenvalue weighted by molar-refractivity contribution is -0.137. The third-order valence-electron chi connectivity index (χ3n) is 3.79. The maximum absolute atomic E-state index is 13.2. The molecule has 0 saturated heterocycles. The average molecular weight is 467 g/mol. The van der Waals surface area contributed by atoms with Crippen LogP contribution in [0, 0.1) is 3.57 Å². The first-order valence-electron chi connectivity index (χ1n) is 7.68. The van der Waals surface area contributed by atoms with Crippen LogP contribution in [0.25, 0.3) is 11.1 Å². The van der Waals surface area contributed by atoms with Gasteiger partial charge in [0.15, 0.2) is 0 Å². The summed E-state index contributed by atoms with van der Waals surface area (Å²) in [6.07, 6.45) is -4.54. The Hall–Kier alpha value is -2.35. The molecule has 0 aliphatic carbocycles. The molecule has 2 nitrogen and oxygen atoms in total. The number of carbonyl (C=O) groups excluding carboxylic acids is 1. The second kappa shape index (κ2) is 7.49. The van der Waals surface area contributed by atoms with Gasteiger partial charge in [0.2, 0.25) is 0 Å². The summed E-state index contributed by atoms with van der Waals surface area (Å²) in [5, 5.41) is 2.36. The van der Waals surface area contributed by atoms with E-state index in [-0.39, 0.29) is 11.3 Å². The Kier molecular flexibility index (Phi) is 5.31. The molecule has 3 rings (SSSR count). The van der Waals surface area contributed by atoms with Crippen LogP contribution in [0.15, 0.2) is 72.8 Å². The zero-order valence-electron chi connectivity index (χ0n) is 13.3. The van der Waals surface area contributed by atoms with Crippen molar-refractivity contribution in [2.75, 3.05) is 5.32 Å². The fourth-order valence-electron chi connectivity index (χ4n) is 2.50. The molecule has 3 aromatic rings. The number of rotatable bonds is 3. The van der Waals surface area contributed by atoms with Crippen molar-refractivity contribution in [1.29, 1.82) is 0 Å². The monoisotopic (exact) mass is 467 g/mol. The summed E-state index contributed by atoms with van der Waals surface area (Å²) in [6.45, 7) is 0. The topological polar surface area (TPSA) is 29.1 Å². The maximum Gasteiger partial charge on any atom is 0.418 e. The van der Waals surface area contributed by atoms with Gasteiger partial charge in [0.25, 0.3) is 5.91 Å². The number of amides is 1. The Balaban J connectivity index is 1.83. The molecule has 0 fully saturated rings. The molecule has 0 aromatic heterocycles. The number of hydrogen-bond acceptors (Lipinski definition) is 1. The van der Waals surface area contributed by atoms with Gasteiger partial charge in [-0.15, -0.1) is 0 Å². The highest BCUT2D eigenvalue weighted by Crippen LogP contribution is 2.36. The van der Waals surface area contributed by atoms with E-state index in [2.05, 4.69) is 5.32 Å². The zero-order chi connectivity index (χ0) is 18.7. The van der Waals surface area contributed by atoms with Gasteiger partial charge < -0.3 is 5.32 Å². The summed E-state index contributed by atoms with van der Waals surface area (Å²) < 4.78 is 39.9. The Morgan fingerprint density at radius 2 is 1.46 bits per heavy atom. The van der Waals surface area contributed by atoms with Gasteiger partial charge in [0, 0.05) is 9.13 Å². The molecule has 1 N–H and O–H groups in total. The molecule has 132 valence electrons. The highest BCUT2D eigenvalue weighted by Gasteiger charge is 2.34. The Bertz CT molecular complexity index is 922. The van der Waals surface area contributed by atoms with Crippen molar-refractivity contribution in [3.63, 3.8) is 0 Å². The van der Waals surface area contributed by atoms with Crippen LogP contribution in [0.3, 0.4) is 0 Å². The normalized spacial score (nSPS) is 11.2. The van der Waals surface area contributed by atoms with E-state index in [0.717, 1.165) is 17.2 Å². The lowest BCUT2D eigenvalue weighted by atomic mass is 10.0. The predicted molar refractivity (Wildman–Crippen MR) is 104 cm³/mol. The molecule has 0 bridgehead atoms. The van der Waals surface area contributed by atoms with Crippen LogP contribution in [-0.2, 0) is 6.18 Å². The van der Waals surface area contributed by atoms with E-state index >= 15 is 0 Å². The third-order valence-corrected chi connectivity index (χ3v) is 4.46. The van der Waals surface area contributed by atoms with E-state index in [4.69, 9.17) is 0 Å². The van der Waals surface area contributed by atoms with Gasteiger partial charge in [0.05, 0.1) is 11.3 Å². The van der Waals surface area contributed by atoms with Crippen molar-refractivity contribution in [2.24, 2.45) is 0 Å².